The predicted octanol–water partition coefficient (Wildman–Crippen LogP) is 1.12. The first kappa shape index (κ1) is 12.0. The molecule has 1 heterocycles. The van der Waals surface area contributed by atoms with E-state index in [9.17, 15) is 4.79 Å². The number of carbonyl (C=O) groups is 1. The molecule has 1 aromatic heterocycles. The van der Waals surface area contributed by atoms with Gasteiger partial charge < -0.3 is 10.2 Å². The largest absolute Gasteiger partial charge is 0.457 e. The Morgan fingerprint density at radius 1 is 1.33 bits per heavy atom. The molecule has 0 aliphatic heterocycles. The van der Waals surface area contributed by atoms with Crippen molar-refractivity contribution in [1.82, 2.24) is 9.97 Å². The third kappa shape index (κ3) is 2.80. The molecule has 0 amide bonds. The van der Waals surface area contributed by atoms with Gasteiger partial charge in [-0.2, -0.15) is 0 Å². The number of aromatic nitrogens is 2. The molecule has 0 bridgehead atoms. The number of hydrazine groups is 1. The van der Waals surface area contributed by atoms with E-state index in [4.69, 9.17) is 10.6 Å². The second-order valence-corrected chi connectivity index (χ2v) is 3.49. The molecular weight excluding hydrogens is 232 g/mol. The standard InChI is InChI=1S/C12H12N4O2/c13-16-11-10(6-14-8-15-11)12(17)18-7-9-4-2-1-3-5-9/h1-6,8H,7,13H2,(H,14,15,16). The topological polar surface area (TPSA) is 90.1 Å². The van der Waals surface area contributed by atoms with Crippen LogP contribution in [0.15, 0.2) is 42.9 Å². The number of nitrogens with zero attached hydrogens (tertiary/aromatic N) is 2. The van der Waals surface area contributed by atoms with Crippen LogP contribution in [0.25, 0.3) is 0 Å². The number of carbonyl (C=O) groups excluding carboxylic acids is 1. The maximum absolute atomic E-state index is 11.8. The molecular formula is C12H12N4O2. The molecule has 3 N–H and O–H groups in total. The van der Waals surface area contributed by atoms with Crippen molar-refractivity contribution in [2.45, 2.75) is 6.61 Å². The van der Waals surface area contributed by atoms with Gasteiger partial charge in [0.2, 0.25) is 0 Å². The van der Waals surface area contributed by atoms with Crippen molar-refractivity contribution in [1.29, 1.82) is 0 Å². The summed E-state index contributed by atoms with van der Waals surface area (Å²) < 4.78 is 5.14. The van der Waals surface area contributed by atoms with E-state index < -0.39 is 5.97 Å². The van der Waals surface area contributed by atoms with Crippen LogP contribution in [0, 0.1) is 0 Å². The fraction of sp³-hybridized carbons (Fsp3) is 0.0833. The summed E-state index contributed by atoms with van der Waals surface area (Å²) in [5.74, 6) is 4.97. The summed E-state index contributed by atoms with van der Waals surface area (Å²) in [5.41, 5.74) is 3.43. The molecule has 2 rings (SSSR count). The Hall–Kier alpha value is -2.47. The Morgan fingerprint density at radius 3 is 2.83 bits per heavy atom. The average molecular weight is 244 g/mol. The van der Waals surface area contributed by atoms with Crippen molar-refractivity contribution in [3.63, 3.8) is 0 Å². The predicted molar refractivity (Wildman–Crippen MR) is 65.4 cm³/mol. The zero-order valence-electron chi connectivity index (χ0n) is 9.54. The molecule has 0 saturated heterocycles. The van der Waals surface area contributed by atoms with Gasteiger partial charge in [-0.1, -0.05) is 30.3 Å². The molecule has 0 fully saturated rings. The number of rotatable bonds is 4. The van der Waals surface area contributed by atoms with Gasteiger partial charge in [0.05, 0.1) is 0 Å². The lowest BCUT2D eigenvalue weighted by Crippen LogP contribution is -2.15. The summed E-state index contributed by atoms with van der Waals surface area (Å²) in [6.45, 7) is 0.193. The summed E-state index contributed by atoms with van der Waals surface area (Å²) >= 11 is 0. The van der Waals surface area contributed by atoms with Crippen LogP contribution in [0.1, 0.15) is 15.9 Å². The van der Waals surface area contributed by atoms with Crippen molar-refractivity contribution in [3.05, 3.63) is 54.0 Å². The van der Waals surface area contributed by atoms with Crippen LogP contribution in [-0.4, -0.2) is 15.9 Å². The minimum Gasteiger partial charge on any atom is -0.457 e. The van der Waals surface area contributed by atoms with E-state index in [-0.39, 0.29) is 18.0 Å². The molecule has 0 spiro atoms. The first-order valence-electron chi connectivity index (χ1n) is 5.29. The Morgan fingerprint density at radius 2 is 2.11 bits per heavy atom. The van der Waals surface area contributed by atoms with Crippen LogP contribution >= 0.6 is 0 Å². The first-order valence-corrected chi connectivity index (χ1v) is 5.29. The highest BCUT2D eigenvalue weighted by Gasteiger charge is 2.13. The van der Waals surface area contributed by atoms with Crippen LogP contribution in [0.4, 0.5) is 5.82 Å². The number of nitrogen functional groups attached to an aromatic ring is 1. The van der Waals surface area contributed by atoms with E-state index in [1.165, 1.54) is 12.5 Å². The minimum atomic E-state index is -0.521. The molecule has 0 aliphatic carbocycles. The fourth-order valence-corrected chi connectivity index (χ4v) is 1.39. The Bertz CT molecular complexity index is 531. The van der Waals surface area contributed by atoms with E-state index in [0.29, 0.717) is 0 Å². The highest BCUT2D eigenvalue weighted by molar-refractivity contribution is 5.94. The van der Waals surface area contributed by atoms with Crippen LogP contribution in [-0.2, 0) is 11.3 Å². The summed E-state index contributed by atoms with van der Waals surface area (Å²) in [6, 6.07) is 9.39. The van der Waals surface area contributed by atoms with Crippen LogP contribution in [0.5, 0.6) is 0 Å². The van der Waals surface area contributed by atoms with Crippen LogP contribution in [0.2, 0.25) is 0 Å². The number of anilines is 1. The number of nitrogens with two attached hydrogens (primary N) is 1. The molecule has 0 saturated carbocycles. The van der Waals surface area contributed by atoms with Crippen molar-refractivity contribution in [2.24, 2.45) is 5.84 Å². The monoisotopic (exact) mass is 244 g/mol. The Kier molecular flexibility index (Phi) is 3.83. The molecule has 1 aromatic carbocycles. The molecule has 0 atom stereocenters. The lowest BCUT2D eigenvalue weighted by Gasteiger charge is -2.07. The zero-order chi connectivity index (χ0) is 12.8. The smallest absolute Gasteiger partial charge is 0.343 e. The molecule has 0 radical (unpaired) electrons. The summed E-state index contributed by atoms with van der Waals surface area (Å²) in [4.78, 5) is 19.4. The fourth-order valence-electron chi connectivity index (χ4n) is 1.39. The molecule has 0 unspecified atom stereocenters. The number of hydrogen-bond donors (Lipinski definition) is 2. The van der Waals surface area contributed by atoms with E-state index in [1.807, 2.05) is 30.3 Å². The van der Waals surface area contributed by atoms with Gasteiger partial charge in [-0.25, -0.2) is 20.6 Å². The van der Waals surface area contributed by atoms with Crippen molar-refractivity contribution < 1.29 is 9.53 Å². The van der Waals surface area contributed by atoms with Crippen molar-refractivity contribution >= 4 is 11.8 Å². The molecule has 92 valence electrons. The number of nitrogens with one attached hydrogen (secondary N) is 1. The van der Waals surface area contributed by atoms with E-state index >= 15 is 0 Å². The lowest BCUT2D eigenvalue weighted by molar-refractivity contribution is 0.0473. The number of benzene rings is 1. The molecule has 0 aliphatic rings. The van der Waals surface area contributed by atoms with Gasteiger partial charge >= 0.3 is 5.97 Å². The van der Waals surface area contributed by atoms with Crippen LogP contribution < -0.4 is 11.3 Å². The molecule has 2 aromatic rings. The second kappa shape index (κ2) is 5.74. The van der Waals surface area contributed by atoms with Gasteiger partial charge in [-0.15, -0.1) is 0 Å². The van der Waals surface area contributed by atoms with Gasteiger partial charge in [0.15, 0.2) is 5.82 Å². The minimum absolute atomic E-state index is 0.193. The summed E-state index contributed by atoms with van der Waals surface area (Å²) in [7, 11) is 0. The average Bonchev–Trinajstić information content (AvgIpc) is 2.45. The van der Waals surface area contributed by atoms with Gasteiger partial charge in [0, 0.05) is 6.20 Å². The van der Waals surface area contributed by atoms with Crippen LogP contribution in [0.3, 0.4) is 0 Å². The normalized spacial score (nSPS) is 9.83. The molecule has 6 heteroatoms. The lowest BCUT2D eigenvalue weighted by atomic mass is 10.2. The van der Waals surface area contributed by atoms with E-state index in [2.05, 4.69) is 15.4 Å². The number of hydrogen-bond acceptors (Lipinski definition) is 6. The number of esters is 1. The zero-order valence-corrected chi connectivity index (χ0v) is 9.54. The maximum Gasteiger partial charge on any atom is 0.343 e. The second-order valence-electron chi connectivity index (χ2n) is 3.49. The Balaban J connectivity index is 2.04. The summed E-state index contributed by atoms with van der Waals surface area (Å²) in [5, 5.41) is 0. The summed E-state index contributed by atoms with van der Waals surface area (Å²) in [6.07, 6.45) is 2.65. The SMILES string of the molecule is NNc1ncncc1C(=O)OCc1ccccc1. The maximum atomic E-state index is 11.8. The molecule has 6 nitrogen and oxygen atoms in total. The van der Waals surface area contributed by atoms with Gasteiger partial charge in [0.25, 0.3) is 0 Å². The molecule has 18 heavy (non-hydrogen) atoms. The highest BCUT2D eigenvalue weighted by Crippen LogP contribution is 2.11. The third-order valence-electron chi connectivity index (χ3n) is 2.28. The van der Waals surface area contributed by atoms with Gasteiger partial charge in [0.1, 0.15) is 18.5 Å². The Labute approximate surface area is 104 Å². The van der Waals surface area contributed by atoms with E-state index in [0.717, 1.165) is 5.56 Å². The first-order chi connectivity index (χ1) is 8.81. The van der Waals surface area contributed by atoms with Crippen molar-refractivity contribution in [3.8, 4) is 0 Å². The van der Waals surface area contributed by atoms with E-state index in [1.54, 1.807) is 0 Å². The van der Waals surface area contributed by atoms with Gasteiger partial charge in [-0.05, 0) is 5.56 Å². The number of ether oxygens (including phenoxy) is 1. The highest BCUT2D eigenvalue weighted by atomic mass is 16.5. The van der Waals surface area contributed by atoms with Gasteiger partial charge in [-0.3, -0.25) is 0 Å². The quantitative estimate of drug-likeness (QED) is 0.476. The third-order valence-corrected chi connectivity index (χ3v) is 2.28. The van der Waals surface area contributed by atoms with Crippen molar-refractivity contribution in [2.75, 3.05) is 5.43 Å².